The van der Waals surface area contributed by atoms with E-state index in [0.29, 0.717) is 6.04 Å². The summed E-state index contributed by atoms with van der Waals surface area (Å²) in [6.45, 7) is 1.06. The largest absolute Gasteiger partial charge is 0.310 e. The summed E-state index contributed by atoms with van der Waals surface area (Å²) >= 11 is 0. The lowest BCUT2D eigenvalue weighted by molar-refractivity contribution is 0.478. The van der Waals surface area contributed by atoms with Gasteiger partial charge in [-0.2, -0.15) is 0 Å². The van der Waals surface area contributed by atoms with Crippen molar-refractivity contribution in [1.29, 1.82) is 0 Å². The smallest absolute Gasteiger partial charge is 0.0320 e. The number of benzene rings is 3. The molecule has 3 rings (SSSR count). The van der Waals surface area contributed by atoms with Crippen molar-refractivity contribution in [2.45, 2.75) is 38.1 Å². The third kappa shape index (κ3) is 6.16. The van der Waals surface area contributed by atoms with Gasteiger partial charge in [0, 0.05) is 6.04 Å². The average molecular weight is 344 g/mol. The highest BCUT2D eigenvalue weighted by Crippen LogP contribution is 2.20. The average Bonchev–Trinajstić information content (AvgIpc) is 2.72. The fraction of sp³-hybridized carbons (Fsp3) is 0.280. The molecule has 0 aromatic heterocycles. The quantitative estimate of drug-likeness (QED) is 0.447. The lowest BCUT2D eigenvalue weighted by Gasteiger charge is -2.19. The minimum atomic E-state index is 0.440. The molecule has 0 radical (unpaired) electrons. The van der Waals surface area contributed by atoms with Crippen molar-refractivity contribution in [3.8, 4) is 0 Å². The molecule has 0 bridgehead atoms. The van der Waals surface area contributed by atoms with Gasteiger partial charge in [0.1, 0.15) is 0 Å². The zero-order chi connectivity index (χ0) is 17.9. The molecule has 26 heavy (non-hydrogen) atoms. The van der Waals surface area contributed by atoms with Crippen LogP contribution in [0, 0.1) is 0 Å². The summed E-state index contributed by atoms with van der Waals surface area (Å²) in [5.74, 6) is 0. The van der Waals surface area contributed by atoms with E-state index < -0.39 is 0 Å². The lowest BCUT2D eigenvalue weighted by Crippen LogP contribution is -2.23. The number of rotatable bonds is 10. The lowest BCUT2D eigenvalue weighted by atomic mass is 9.98. The molecule has 0 aliphatic heterocycles. The first-order chi connectivity index (χ1) is 12.9. The maximum atomic E-state index is 3.79. The van der Waals surface area contributed by atoms with Crippen LogP contribution in [0.1, 0.15) is 42.0 Å². The van der Waals surface area contributed by atoms with E-state index in [1.54, 1.807) is 0 Å². The van der Waals surface area contributed by atoms with Gasteiger partial charge in [-0.25, -0.2) is 0 Å². The molecule has 1 atom stereocenters. The monoisotopic (exact) mass is 343 g/mol. The highest BCUT2D eigenvalue weighted by molar-refractivity contribution is 5.19. The second-order valence-corrected chi connectivity index (χ2v) is 6.88. The molecular formula is C25H29N. The van der Waals surface area contributed by atoms with Crippen molar-refractivity contribution in [2.75, 3.05) is 6.54 Å². The Labute approximate surface area is 158 Å². The fourth-order valence-electron chi connectivity index (χ4n) is 3.44. The highest BCUT2D eigenvalue weighted by Gasteiger charge is 2.10. The van der Waals surface area contributed by atoms with Crippen molar-refractivity contribution in [1.82, 2.24) is 5.32 Å². The van der Waals surface area contributed by atoms with Gasteiger partial charge in [-0.1, -0.05) is 91.0 Å². The van der Waals surface area contributed by atoms with Crippen LogP contribution in [-0.4, -0.2) is 6.54 Å². The summed E-state index contributed by atoms with van der Waals surface area (Å²) in [6, 6.07) is 32.9. The molecule has 0 spiro atoms. The number of hydrogen-bond donors (Lipinski definition) is 1. The Kier molecular flexibility index (Phi) is 7.49. The van der Waals surface area contributed by atoms with Gasteiger partial charge in [-0.05, 0) is 55.3 Å². The molecule has 134 valence electrons. The molecule has 1 N–H and O–H groups in total. The van der Waals surface area contributed by atoms with Crippen molar-refractivity contribution in [3.05, 3.63) is 108 Å². The molecule has 1 heteroatoms. The van der Waals surface area contributed by atoms with Gasteiger partial charge < -0.3 is 5.32 Å². The number of hydrogen-bond acceptors (Lipinski definition) is 1. The molecule has 0 aliphatic rings. The third-order valence-corrected chi connectivity index (χ3v) is 4.88. The van der Waals surface area contributed by atoms with Gasteiger partial charge >= 0.3 is 0 Å². The summed E-state index contributed by atoms with van der Waals surface area (Å²) in [4.78, 5) is 0. The third-order valence-electron chi connectivity index (χ3n) is 4.88. The first-order valence-corrected chi connectivity index (χ1v) is 9.78. The van der Waals surface area contributed by atoms with Crippen LogP contribution >= 0.6 is 0 Å². The van der Waals surface area contributed by atoms with Gasteiger partial charge in [0.2, 0.25) is 0 Å². The second-order valence-electron chi connectivity index (χ2n) is 6.88. The van der Waals surface area contributed by atoms with Crippen molar-refractivity contribution in [2.24, 2.45) is 0 Å². The van der Waals surface area contributed by atoms with E-state index in [-0.39, 0.29) is 0 Å². The Morgan fingerprint density at radius 2 is 1.08 bits per heavy atom. The van der Waals surface area contributed by atoms with Crippen LogP contribution in [0.4, 0.5) is 0 Å². The van der Waals surface area contributed by atoms with Crippen molar-refractivity contribution < 1.29 is 0 Å². The van der Waals surface area contributed by atoms with Crippen LogP contribution in [0.3, 0.4) is 0 Å². The predicted octanol–water partition coefficient (Wildman–Crippen LogP) is 5.97. The van der Waals surface area contributed by atoms with Crippen LogP contribution in [0.2, 0.25) is 0 Å². The topological polar surface area (TPSA) is 12.0 Å². The van der Waals surface area contributed by atoms with Crippen LogP contribution in [0.5, 0.6) is 0 Å². The van der Waals surface area contributed by atoms with E-state index in [9.17, 15) is 0 Å². The molecular weight excluding hydrogens is 314 g/mol. The summed E-state index contributed by atoms with van der Waals surface area (Å²) < 4.78 is 0. The minimum absolute atomic E-state index is 0.440. The predicted molar refractivity (Wildman–Crippen MR) is 111 cm³/mol. The second kappa shape index (κ2) is 10.6. The Balaban J connectivity index is 1.48. The molecule has 0 saturated heterocycles. The Morgan fingerprint density at radius 3 is 1.65 bits per heavy atom. The van der Waals surface area contributed by atoms with Crippen molar-refractivity contribution >= 4 is 0 Å². The van der Waals surface area contributed by atoms with E-state index in [4.69, 9.17) is 0 Å². The van der Waals surface area contributed by atoms with Gasteiger partial charge in [-0.15, -0.1) is 0 Å². The van der Waals surface area contributed by atoms with Crippen LogP contribution in [0.15, 0.2) is 91.0 Å². The number of nitrogens with one attached hydrogen (secondary N) is 1. The zero-order valence-electron chi connectivity index (χ0n) is 15.5. The van der Waals surface area contributed by atoms with Gasteiger partial charge in [-0.3, -0.25) is 0 Å². The van der Waals surface area contributed by atoms with E-state index in [1.807, 2.05) is 0 Å². The first-order valence-electron chi connectivity index (χ1n) is 9.78. The van der Waals surface area contributed by atoms with E-state index in [2.05, 4.69) is 96.3 Å². The number of aryl methyl sites for hydroxylation is 2. The van der Waals surface area contributed by atoms with E-state index >= 15 is 0 Å². The molecule has 3 aromatic carbocycles. The first kappa shape index (κ1) is 18.4. The molecule has 0 fully saturated rings. The van der Waals surface area contributed by atoms with Crippen LogP contribution < -0.4 is 5.32 Å². The molecule has 0 heterocycles. The fourth-order valence-corrected chi connectivity index (χ4v) is 3.44. The molecule has 0 saturated carbocycles. The molecule has 1 unspecified atom stereocenters. The van der Waals surface area contributed by atoms with Crippen LogP contribution in [-0.2, 0) is 12.8 Å². The summed E-state index contributed by atoms with van der Waals surface area (Å²) in [7, 11) is 0. The van der Waals surface area contributed by atoms with E-state index in [1.165, 1.54) is 36.0 Å². The molecule has 0 aliphatic carbocycles. The maximum Gasteiger partial charge on any atom is 0.0320 e. The minimum Gasteiger partial charge on any atom is -0.310 e. The molecule has 1 nitrogen and oxygen atoms in total. The summed E-state index contributed by atoms with van der Waals surface area (Å²) in [6.07, 6.45) is 5.83. The van der Waals surface area contributed by atoms with Gasteiger partial charge in [0.15, 0.2) is 0 Å². The zero-order valence-corrected chi connectivity index (χ0v) is 15.5. The highest BCUT2D eigenvalue weighted by atomic mass is 14.9. The van der Waals surface area contributed by atoms with Gasteiger partial charge in [0.05, 0.1) is 0 Å². The van der Waals surface area contributed by atoms with Gasteiger partial charge in [0.25, 0.3) is 0 Å². The molecule has 0 amide bonds. The normalized spacial score (nSPS) is 12.0. The standard InChI is InChI=1S/C25H29N/c1-4-12-22(13-5-1)16-10-20-25(24-18-8-3-9-19-24)26-21-11-17-23-14-6-2-7-15-23/h1-9,12-15,18-19,25-26H,10-11,16-17,20-21H2. The molecule has 3 aromatic rings. The van der Waals surface area contributed by atoms with E-state index in [0.717, 1.165) is 19.4 Å². The van der Waals surface area contributed by atoms with Crippen LogP contribution in [0.25, 0.3) is 0 Å². The Morgan fingerprint density at radius 1 is 0.577 bits per heavy atom. The maximum absolute atomic E-state index is 3.79. The summed E-state index contributed by atoms with van der Waals surface area (Å²) in [5, 5.41) is 3.79. The Hall–Kier alpha value is -2.38. The Bertz CT molecular complexity index is 722. The summed E-state index contributed by atoms with van der Waals surface area (Å²) in [5.41, 5.74) is 4.26. The van der Waals surface area contributed by atoms with Crippen molar-refractivity contribution in [3.63, 3.8) is 0 Å². The SMILES string of the molecule is c1ccc(CCCNC(CCCc2ccccc2)c2ccccc2)cc1.